The number of halogens is 2. The Morgan fingerprint density at radius 2 is 1.91 bits per heavy atom. The Balaban J connectivity index is 1.46. The molecule has 182 valence electrons. The van der Waals surface area contributed by atoms with Gasteiger partial charge < -0.3 is 11.1 Å². The molecular weight excluding hydrogens is 452 g/mol. The fourth-order valence-corrected chi connectivity index (χ4v) is 7.89. The van der Waals surface area contributed by atoms with Gasteiger partial charge in [-0.25, -0.2) is 21.9 Å². The first kappa shape index (κ1) is 24.1. The summed E-state index contributed by atoms with van der Waals surface area (Å²) in [4.78, 5) is 24.4. The van der Waals surface area contributed by atoms with E-state index in [0.717, 1.165) is 37.8 Å². The van der Waals surface area contributed by atoms with Crippen LogP contribution in [0.1, 0.15) is 65.2 Å². The molecule has 0 spiro atoms. The van der Waals surface area contributed by atoms with Crippen molar-refractivity contribution in [2.75, 3.05) is 0 Å². The van der Waals surface area contributed by atoms with Crippen molar-refractivity contribution >= 4 is 21.8 Å². The van der Waals surface area contributed by atoms with Gasteiger partial charge in [-0.05, 0) is 88.8 Å². The Bertz CT molecular complexity index is 1090. The second-order valence-corrected chi connectivity index (χ2v) is 12.5. The Morgan fingerprint density at radius 3 is 2.61 bits per heavy atom. The zero-order chi connectivity index (χ0) is 24.2. The van der Waals surface area contributed by atoms with Crippen LogP contribution < -0.4 is 15.8 Å². The average Bonchev–Trinajstić information content (AvgIpc) is 2.68. The van der Waals surface area contributed by atoms with E-state index < -0.39 is 43.0 Å². The summed E-state index contributed by atoms with van der Waals surface area (Å²) in [5.41, 5.74) is 3.61. The Morgan fingerprint density at radius 1 is 1.18 bits per heavy atom. The number of sulfonamides is 1. The van der Waals surface area contributed by atoms with E-state index in [0.29, 0.717) is 31.2 Å². The van der Waals surface area contributed by atoms with Crippen molar-refractivity contribution < 1.29 is 26.8 Å². The summed E-state index contributed by atoms with van der Waals surface area (Å²) in [5, 5.41) is 3.17. The van der Waals surface area contributed by atoms with Crippen LogP contribution in [-0.4, -0.2) is 31.3 Å². The summed E-state index contributed by atoms with van der Waals surface area (Å²) in [7, 11) is -4.39. The zero-order valence-electron chi connectivity index (χ0n) is 18.9. The number of rotatable bonds is 7. The molecular formula is C23H31F2N3O4S. The van der Waals surface area contributed by atoms with Crippen LogP contribution in [0.4, 0.5) is 8.78 Å². The maximum atomic E-state index is 14.0. The molecule has 1 aromatic rings. The molecule has 4 rings (SSSR count). The van der Waals surface area contributed by atoms with E-state index in [1.807, 2.05) is 0 Å². The van der Waals surface area contributed by atoms with Crippen molar-refractivity contribution in [3.8, 4) is 0 Å². The van der Waals surface area contributed by atoms with Crippen molar-refractivity contribution in [3.63, 3.8) is 0 Å². The van der Waals surface area contributed by atoms with Gasteiger partial charge in [0.05, 0.1) is 0 Å². The average molecular weight is 484 g/mol. The van der Waals surface area contributed by atoms with E-state index in [9.17, 15) is 26.8 Å². The standard InChI is InChI=1S/C23H31F2N3O4S/c1-21(2,28-33(31,32)18-10-16(24)3-4-17(18)25)13-19(29)27-23-6-5-14-9-15(23)12-22(11-14,7-8-23)20(26)30/h3-4,10,14-15,28H,5-9,11-13H2,1-2H3,(H2,26,30)(H,27,29)/t14?,15?,22-,23?/m1/s1. The number of nitrogens with two attached hydrogens (primary N) is 1. The second kappa shape index (κ2) is 8.01. The van der Waals surface area contributed by atoms with Crippen LogP contribution in [0.15, 0.2) is 23.1 Å². The molecule has 33 heavy (non-hydrogen) atoms. The van der Waals surface area contributed by atoms with Crippen LogP contribution in [0.3, 0.4) is 0 Å². The highest BCUT2D eigenvalue weighted by atomic mass is 32.2. The number of amides is 2. The predicted octanol–water partition coefficient (Wildman–Crippen LogP) is 2.74. The molecule has 0 aromatic heterocycles. The van der Waals surface area contributed by atoms with Crippen molar-refractivity contribution in [1.29, 1.82) is 0 Å². The molecule has 0 heterocycles. The van der Waals surface area contributed by atoms with Gasteiger partial charge in [0.2, 0.25) is 21.8 Å². The summed E-state index contributed by atoms with van der Waals surface area (Å²) >= 11 is 0. The third-order valence-electron chi connectivity index (χ3n) is 7.87. The van der Waals surface area contributed by atoms with Gasteiger partial charge in [0.1, 0.15) is 16.5 Å². The summed E-state index contributed by atoms with van der Waals surface area (Å²) in [5.74, 6) is -1.92. The lowest BCUT2D eigenvalue weighted by Gasteiger charge is -2.59. The molecule has 3 fully saturated rings. The van der Waals surface area contributed by atoms with Crippen LogP contribution in [0.2, 0.25) is 0 Å². The highest BCUT2D eigenvalue weighted by molar-refractivity contribution is 7.89. The normalized spacial score (nSPS) is 31.3. The van der Waals surface area contributed by atoms with Gasteiger partial charge in [-0.3, -0.25) is 9.59 Å². The molecule has 3 bridgehead atoms. The molecule has 2 amide bonds. The Kier molecular flexibility index (Phi) is 5.84. The lowest BCUT2D eigenvalue weighted by atomic mass is 9.48. The molecule has 0 radical (unpaired) electrons. The number of carbonyl (C=O) groups excluding carboxylic acids is 2. The van der Waals surface area contributed by atoms with Gasteiger partial charge in [-0.2, -0.15) is 0 Å². The van der Waals surface area contributed by atoms with E-state index in [2.05, 4.69) is 10.0 Å². The summed E-state index contributed by atoms with van der Waals surface area (Å²) in [6.07, 6.45) is 5.32. The Hall–Kier alpha value is -2.07. The SMILES string of the molecule is CC(C)(CC(=O)NC12CCC3CC1C[C@@](C(N)=O)(CC2)C3)NS(=O)(=O)c1cc(F)ccc1F. The van der Waals surface area contributed by atoms with Crippen LogP contribution in [-0.2, 0) is 19.6 Å². The molecule has 3 aliphatic rings. The molecule has 10 heteroatoms. The maximum absolute atomic E-state index is 14.0. The second-order valence-electron chi connectivity index (χ2n) is 10.8. The van der Waals surface area contributed by atoms with Gasteiger partial charge in [0.15, 0.2) is 0 Å². The zero-order valence-corrected chi connectivity index (χ0v) is 19.7. The maximum Gasteiger partial charge on any atom is 0.244 e. The third-order valence-corrected chi connectivity index (χ3v) is 9.58. The van der Waals surface area contributed by atoms with Crippen molar-refractivity contribution in [3.05, 3.63) is 29.8 Å². The lowest BCUT2D eigenvalue weighted by Crippen LogP contribution is -2.65. The highest BCUT2D eigenvalue weighted by Gasteiger charge is 2.58. The van der Waals surface area contributed by atoms with E-state index in [1.54, 1.807) is 0 Å². The van der Waals surface area contributed by atoms with E-state index in [4.69, 9.17) is 5.73 Å². The predicted molar refractivity (Wildman–Crippen MR) is 117 cm³/mol. The van der Waals surface area contributed by atoms with Crippen molar-refractivity contribution in [2.24, 2.45) is 23.0 Å². The molecule has 0 saturated heterocycles. The monoisotopic (exact) mass is 483 g/mol. The summed E-state index contributed by atoms with van der Waals surface area (Å²) in [6.45, 7) is 3.05. The number of carbonyl (C=O) groups is 2. The lowest BCUT2D eigenvalue weighted by molar-refractivity contribution is -0.144. The first-order valence-electron chi connectivity index (χ1n) is 11.4. The molecule has 3 aliphatic carbocycles. The van der Waals surface area contributed by atoms with Crippen LogP contribution in [0.25, 0.3) is 0 Å². The van der Waals surface area contributed by atoms with Crippen LogP contribution in [0, 0.1) is 28.9 Å². The van der Waals surface area contributed by atoms with Gasteiger partial charge in [-0.1, -0.05) is 0 Å². The minimum absolute atomic E-state index is 0.163. The largest absolute Gasteiger partial charge is 0.369 e. The van der Waals surface area contributed by atoms with E-state index in [-0.39, 0.29) is 24.2 Å². The number of hydrogen-bond acceptors (Lipinski definition) is 4. The fourth-order valence-electron chi connectivity index (χ4n) is 6.39. The van der Waals surface area contributed by atoms with Crippen LogP contribution in [0.5, 0.6) is 0 Å². The van der Waals surface area contributed by atoms with Crippen molar-refractivity contribution in [2.45, 2.75) is 81.2 Å². The minimum atomic E-state index is -4.39. The molecule has 4 N–H and O–H groups in total. The van der Waals surface area contributed by atoms with E-state index >= 15 is 0 Å². The molecule has 3 saturated carbocycles. The fraction of sp³-hybridized carbons (Fsp3) is 0.652. The molecule has 7 nitrogen and oxygen atoms in total. The topological polar surface area (TPSA) is 118 Å². The Labute approximate surface area is 192 Å². The number of fused-ring (bicyclic) bond motifs is 2. The minimum Gasteiger partial charge on any atom is -0.369 e. The summed E-state index contributed by atoms with van der Waals surface area (Å²) in [6, 6.07) is 2.20. The quantitative estimate of drug-likeness (QED) is 0.553. The molecule has 0 aliphatic heterocycles. The van der Waals surface area contributed by atoms with Gasteiger partial charge in [0.25, 0.3) is 0 Å². The van der Waals surface area contributed by atoms with Crippen molar-refractivity contribution in [1.82, 2.24) is 10.0 Å². The van der Waals surface area contributed by atoms with Gasteiger partial charge >= 0.3 is 0 Å². The van der Waals surface area contributed by atoms with E-state index in [1.165, 1.54) is 13.8 Å². The van der Waals surface area contributed by atoms with Crippen LogP contribution >= 0.6 is 0 Å². The van der Waals surface area contributed by atoms with Gasteiger partial charge in [0, 0.05) is 22.9 Å². The number of primary amides is 1. The molecule has 4 atom stereocenters. The smallest absolute Gasteiger partial charge is 0.244 e. The number of nitrogens with one attached hydrogen (secondary N) is 2. The first-order valence-corrected chi connectivity index (χ1v) is 12.8. The molecule has 1 aromatic carbocycles. The summed E-state index contributed by atoms with van der Waals surface area (Å²) < 4.78 is 55.2. The molecule has 3 unspecified atom stereocenters. The third kappa shape index (κ3) is 4.51. The first-order chi connectivity index (χ1) is 15.3. The number of hydrogen-bond donors (Lipinski definition) is 3. The number of benzene rings is 1. The van der Waals surface area contributed by atoms with Gasteiger partial charge in [-0.15, -0.1) is 0 Å². The highest BCUT2D eigenvalue weighted by Crippen LogP contribution is 2.59.